The molecule has 0 aromatic rings. The summed E-state index contributed by atoms with van der Waals surface area (Å²) in [6.45, 7) is 6.63. The molecule has 0 amide bonds. The Labute approximate surface area is 79.9 Å². The highest BCUT2D eigenvalue weighted by molar-refractivity contribution is 4.94. The molecule has 0 bridgehead atoms. The van der Waals surface area contributed by atoms with Crippen molar-refractivity contribution in [3.05, 3.63) is 0 Å². The van der Waals surface area contributed by atoms with Gasteiger partial charge in [0.2, 0.25) is 0 Å². The van der Waals surface area contributed by atoms with Crippen molar-refractivity contribution < 1.29 is 0 Å². The van der Waals surface area contributed by atoms with Crippen molar-refractivity contribution in [2.24, 2.45) is 0 Å². The molecule has 72 valence electrons. The van der Waals surface area contributed by atoms with Crippen molar-refractivity contribution in [2.45, 2.75) is 31.8 Å². The first-order valence-electron chi connectivity index (χ1n) is 5.19. The van der Waals surface area contributed by atoms with Crippen molar-refractivity contribution in [3.63, 3.8) is 0 Å². The predicted octanol–water partition coefficient (Wildman–Crippen LogP) is 0.678. The second-order valence-corrected chi connectivity index (χ2v) is 4.13. The molecule has 2 rings (SSSR count). The van der Waals surface area contributed by atoms with Gasteiger partial charge in [-0.2, -0.15) is 5.26 Å². The molecule has 13 heavy (non-hydrogen) atoms. The van der Waals surface area contributed by atoms with Crippen LogP contribution in [0.15, 0.2) is 0 Å². The van der Waals surface area contributed by atoms with Crippen LogP contribution in [0.2, 0.25) is 0 Å². The Morgan fingerprint density at radius 2 is 2.23 bits per heavy atom. The first kappa shape index (κ1) is 8.98. The van der Waals surface area contributed by atoms with E-state index in [9.17, 15) is 0 Å². The summed E-state index contributed by atoms with van der Waals surface area (Å²) >= 11 is 0. The monoisotopic (exact) mass is 179 g/mol. The van der Waals surface area contributed by atoms with Crippen LogP contribution in [0.4, 0.5) is 0 Å². The molecule has 2 unspecified atom stereocenters. The molecule has 2 saturated heterocycles. The van der Waals surface area contributed by atoms with E-state index in [1.807, 2.05) is 6.92 Å². The number of nitrogens with zero attached hydrogens (tertiary/aromatic N) is 3. The molecule has 0 aromatic heterocycles. The number of piperazine rings is 1. The Bertz CT molecular complexity index is 221. The number of hydrogen-bond acceptors (Lipinski definition) is 3. The minimum atomic E-state index is 0.0998. The van der Waals surface area contributed by atoms with E-state index in [0.29, 0.717) is 0 Å². The topological polar surface area (TPSA) is 30.3 Å². The van der Waals surface area contributed by atoms with Gasteiger partial charge >= 0.3 is 0 Å². The van der Waals surface area contributed by atoms with Gasteiger partial charge in [-0.05, 0) is 26.3 Å². The van der Waals surface area contributed by atoms with Gasteiger partial charge in [-0.25, -0.2) is 0 Å². The van der Waals surface area contributed by atoms with E-state index < -0.39 is 0 Å². The van der Waals surface area contributed by atoms with Gasteiger partial charge in [0.1, 0.15) is 0 Å². The molecule has 0 aliphatic carbocycles. The molecule has 0 N–H and O–H groups in total. The average molecular weight is 179 g/mol. The van der Waals surface area contributed by atoms with Crippen LogP contribution < -0.4 is 0 Å². The highest BCUT2D eigenvalue weighted by Crippen LogP contribution is 2.22. The van der Waals surface area contributed by atoms with Crippen LogP contribution in [0.1, 0.15) is 19.8 Å². The molecule has 2 fully saturated rings. The van der Waals surface area contributed by atoms with E-state index in [4.69, 9.17) is 5.26 Å². The fourth-order valence-electron chi connectivity index (χ4n) is 2.45. The lowest BCUT2D eigenvalue weighted by molar-refractivity contribution is 0.0924. The van der Waals surface area contributed by atoms with Crippen LogP contribution in [0, 0.1) is 11.3 Å². The maximum Gasteiger partial charge on any atom is 0.0950 e. The van der Waals surface area contributed by atoms with Gasteiger partial charge in [-0.1, -0.05) is 0 Å². The van der Waals surface area contributed by atoms with E-state index in [1.165, 1.54) is 19.4 Å². The lowest BCUT2D eigenvalue weighted by Crippen LogP contribution is -2.52. The molecular formula is C10H17N3. The summed E-state index contributed by atoms with van der Waals surface area (Å²) in [6.07, 6.45) is 2.67. The van der Waals surface area contributed by atoms with E-state index >= 15 is 0 Å². The van der Waals surface area contributed by atoms with E-state index in [-0.39, 0.29) is 6.04 Å². The van der Waals surface area contributed by atoms with Gasteiger partial charge in [0.05, 0.1) is 12.1 Å². The first-order valence-corrected chi connectivity index (χ1v) is 5.19. The summed E-state index contributed by atoms with van der Waals surface area (Å²) in [4.78, 5) is 4.88. The molecule has 2 aliphatic heterocycles. The average Bonchev–Trinajstić information content (AvgIpc) is 2.63. The van der Waals surface area contributed by atoms with Crippen molar-refractivity contribution in [3.8, 4) is 6.07 Å². The zero-order valence-corrected chi connectivity index (χ0v) is 8.24. The first-order chi connectivity index (χ1) is 6.31. The summed E-state index contributed by atoms with van der Waals surface area (Å²) in [5.74, 6) is 0. The lowest BCUT2D eigenvalue weighted by atomic mass is 10.1. The van der Waals surface area contributed by atoms with Gasteiger partial charge in [-0.15, -0.1) is 0 Å². The highest BCUT2D eigenvalue weighted by Gasteiger charge is 2.31. The highest BCUT2D eigenvalue weighted by atomic mass is 15.3. The van der Waals surface area contributed by atoms with Gasteiger partial charge in [0.25, 0.3) is 0 Å². The second-order valence-electron chi connectivity index (χ2n) is 4.13. The van der Waals surface area contributed by atoms with E-state index in [1.54, 1.807) is 0 Å². The summed E-state index contributed by atoms with van der Waals surface area (Å²) in [5.41, 5.74) is 0. The molecule has 0 radical (unpaired) electrons. The fourth-order valence-corrected chi connectivity index (χ4v) is 2.45. The number of fused-ring (bicyclic) bond motifs is 1. The summed E-state index contributed by atoms with van der Waals surface area (Å²) < 4.78 is 0. The maximum absolute atomic E-state index is 8.82. The van der Waals surface area contributed by atoms with Gasteiger partial charge in [0.15, 0.2) is 0 Å². The van der Waals surface area contributed by atoms with Gasteiger partial charge in [-0.3, -0.25) is 9.80 Å². The van der Waals surface area contributed by atoms with Crippen molar-refractivity contribution in [1.82, 2.24) is 9.80 Å². The zero-order chi connectivity index (χ0) is 9.26. The fraction of sp³-hybridized carbons (Fsp3) is 0.900. The minimum absolute atomic E-state index is 0.0998. The molecule has 2 atom stereocenters. The summed E-state index contributed by atoms with van der Waals surface area (Å²) in [5, 5.41) is 8.82. The summed E-state index contributed by atoms with van der Waals surface area (Å²) in [7, 11) is 0. The molecule has 2 heterocycles. The van der Waals surface area contributed by atoms with Crippen molar-refractivity contribution in [2.75, 3.05) is 26.2 Å². The number of hydrogen-bond donors (Lipinski definition) is 0. The third-order valence-corrected chi connectivity index (χ3v) is 3.35. The van der Waals surface area contributed by atoms with Crippen LogP contribution >= 0.6 is 0 Å². The smallest absolute Gasteiger partial charge is 0.0950 e. The van der Waals surface area contributed by atoms with Gasteiger partial charge in [0, 0.05) is 25.7 Å². The SMILES string of the molecule is CC(C#N)N1CCN2CCCC2C1. The largest absolute Gasteiger partial charge is 0.298 e. The van der Waals surface area contributed by atoms with Crippen LogP contribution in [0.3, 0.4) is 0 Å². The third-order valence-electron chi connectivity index (χ3n) is 3.35. The minimum Gasteiger partial charge on any atom is -0.298 e. The summed E-state index contributed by atoms with van der Waals surface area (Å²) in [6, 6.07) is 3.16. The van der Waals surface area contributed by atoms with Crippen LogP contribution in [-0.2, 0) is 0 Å². The van der Waals surface area contributed by atoms with Crippen molar-refractivity contribution in [1.29, 1.82) is 5.26 Å². The molecule has 0 aromatic carbocycles. The zero-order valence-electron chi connectivity index (χ0n) is 8.24. The molecule has 3 heteroatoms. The Morgan fingerprint density at radius 3 is 3.00 bits per heavy atom. The van der Waals surface area contributed by atoms with E-state index in [0.717, 1.165) is 25.7 Å². The molecular weight excluding hydrogens is 162 g/mol. The van der Waals surface area contributed by atoms with Crippen molar-refractivity contribution >= 4 is 0 Å². The quantitative estimate of drug-likeness (QED) is 0.593. The number of rotatable bonds is 1. The van der Waals surface area contributed by atoms with E-state index in [2.05, 4.69) is 15.9 Å². The second kappa shape index (κ2) is 3.65. The van der Waals surface area contributed by atoms with Gasteiger partial charge < -0.3 is 0 Å². The van der Waals surface area contributed by atoms with Crippen LogP contribution in [0.25, 0.3) is 0 Å². The lowest BCUT2D eigenvalue weighted by Gasteiger charge is -2.38. The Kier molecular flexibility index (Phi) is 2.52. The molecule has 3 nitrogen and oxygen atoms in total. The maximum atomic E-state index is 8.82. The standard InChI is InChI=1S/C10H17N3/c1-9(7-11)13-6-5-12-4-2-3-10(12)8-13/h9-10H,2-6,8H2,1H3. The predicted molar refractivity (Wildman–Crippen MR) is 51.2 cm³/mol. The molecule has 0 saturated carbocycles. The normalized spacial score (nSPS) is 32.5. The molecule has 2 aliphatic rings. The Morgan fingerprint density at radius 1 is 1.38 bits per heavy atom. The molecule has 0 spiro atoms. The Balaban J connectivity index is 1.94. The third kappa shape index (κ3) is 1.70. The Hall–Kier alpha value is -0.590. The van der Waals surface area contributed by atoms with Crippen LogP contribution in [-0.4, -0.2) is 48.1 Å². The number of nitriles is 1. The van der Waals surface area contributed by atoms with Crippen LogP contribution in [0.5, 0.6) is 0 Å².